The predicted octanol–water partition coefficient (Wildman–Crippen LogP) is 4.70. The highest BCUT2D eigenvalue weighted by Gasteiger charge is 2.19. The Bertz CT molecular complexity index is 1170. The van der Waals surface area contributed by atoms with Crippen molar-refractivity contribution in [2.24, 2.45) is 7.05 Å². The summed E-state index contributed by atoms with van der Waals surface area (Å²) in [6, 6.07) is 7.10. The lowest BCUT2D eigenvalue weighted by Crippen LogP contribution is -2.12. The summed E-state index contributed by atoms with van der Waals surface area (Å²) < 4.78 is 1.91. The van der Waals surface area contributed by atoms with Gasteiger partial charge in [0.2, 0.25) is 0 Å². The fourth-order valence-corrected chi connectivity index (χ4v) is 4.48. The number of carbonyl (C=O) groups is 1. The minimum atomic E-state index is -0.258. The van der Waals surface area contributed by atoms with Crippen LogP contribution in [-0.2, 0) is 7.05 Å². The Kier molecular flexibility index (Phi) is 5.61. The molecule has 1 amide bonds. The van der Waals surface area contributed by atoms with Crippen LogP contribution in [0.1, 0.15) is 15.4 Å². The molecule has 10 heteroatoms. The smallest absolute Gasteiger partial charge is 0.267 e. The zero-order valence-electron chi connectivity index (χ0n) is 15.5. The first-order valence-electron chi connectivity index (χ1n) is 8.52. The van der Waals surface area contributed by atoms with Crippen LogP contribution in [0.25, 0.3) is 10.8 Å². The summed E-state index contributed by atoms with van der Waals surface area (Å²) in [6.07, 6.45) is 6.88. The molecule has 0 spiro atoms. The largest absolute Gasteiger partial charge is 0.329 e. The molecule has 0 fully saturated rings. The molecule has 4 aromatic rings. The molecule has 0 aliphatic carbocycles. The van der Waals surface area contributed by atoms with E-state index in [1.165, 1.54) is 23.1 Å². The molecule has 0 atom stereocenters. The summed E-state index contributed by atoms with van der Waals surface area (Å²) in [5.74, 6) is 0.236. The minimum absolute atomic E-state index is 0.258. The lowest BCUT2D eigenvalue weighted by atomic mass is 10.3. The van der Waals surface area contributed by atoms with E-state index in [9.17, 15) is 4.79 Å². The Hall–Kier alpha value is -2.75. The Morgan fingerprint density at radius 2 is 2.00 bits per heavy atom. The number of halogens is 1. The third-order valence-electron chi connectivity index (χ3n) is 3.93. The predicted molar refractivity (Wildman–Crippen MR) is 115 cm³/mol. The lowest BCUT2D eigenvalue weighted by molar-refractivity contribution is 0.102. The van der Waals surface area contributed by atoms with Gasteiger partial charge < -0.3 is 9.88 Å². The van der Waals surface area contributed by atoms with Crippen LogP contribution in [0.2, 0.25) is 5.02 Å². The molecule has 0 saturated carbocycles. The van der Waals surface area contributed by atoms with Gasteiger partial charge in [0.25, 0.3) is 5.91 Å². The van der Waals surface area contributed by atoms with Crippen LogP contribution in [0.5, 0.6) is 0 Å². The highest BCUT2D eigenvalue weighted by molar-refractivity contribution is 7.99. The van der Waals surface area contributed by atoms with Gasteiger partial charge in [-0.3, -0.25) is 4.79 Å². The van der Waals surface area contributed by atoms with Crippen LogP contribution in [0.15, 0.2) is 59.1 Å². The van der Waals surface area contributed by atoms with Gasteiger partial charge >= 0.3 is 0 Å². The van der Waals surface area contributed by atoms with Crippen LogP contribution < -0.4 is 5.32 Å². The second-order valence-corrected chi connectivity index (χ2v) is 8.47. The number of aryl methyl sites for hydroxylation is 2. The van der Waals surface area contributed by atoms with Gasteiger partial charge in [0, 0.05) is 41.8 Å². The van der Waals surface area contributed by atoms with E-state index >= 15 is 0 Å². The van der Waals surface area contributed by atoms with Gasteiger partial charge in [-0.05, 0) is 43.0 Å². The molecular weight excluding hydrogens is 428 g/mol. The van der Waals surface area contributed by atoms with Crippen LogP contribution in [0.4, 0.5) is 5.69 Å². The summed E-state index contributed by atoms with van der Waals surface area (Å²) in [5.41, 5.74) is 1.23. The molecule has 1 aromatic carbocycles. The maximum absolute atomic E-state index is 13.0. The average molecular weight is 443 g/mol. The summed E-state index contributed by atoms with van der Waals surface area (Å²) in [5, 5.41) is 4.89. The number of hydrogen-bond acceptors (Lipinski definition) is 7. The number of thiazole rings is 1. The summed E-state index contributed by atoms with van der Waals surface area (Å²) in [6.45, 7) is 1.79. The molecule has 0 aliphatic rings. The van der Waals surface area contributed by atoms with E-state index in [0.29, 0.717) is 32.1 Å². The molecule has 0 unspecified atom stereocenters. The fourth-order valence-electron chi connectivity index (χ4n) is 2.53. The topological polar surface area (TPSA) is 85.6 Å². The number of nitrogens with one attached hydrogen (secondary N) is 1. The van der Waals surface area contributed by atoms with E-state index in [-0.39, 0.29) is 5.91 Å². The van der Waals surface area contributed by atoms with Gasteiger partial charge in [0.15, 0.2) is 16.0 Å². The number of imidazole rings is 1. The molecule has 1 N–H and O–H groups in total. The van der Waals surface area contributed by atoms with Crippen molar-refractivity contribution in [1.82, 2.24) is 24.5 Å². The van der Waals surface area contributed by atoms with Crippen molar-refractivity contribution >= 4 is 46.3 Å². The van der Waals surface area contributed by atoms with E-state index in [2.05, 4.69) is 25.3 Å². The van der Waals surface area contributed by atoms with E-state index < -0.39 is 0 Å². The van der Waals surface area contributed by atoms with Crippen molar-refractivity contribution in [2.45, 2.75) is 17.0 Å². The first-order chi connectivity index (χ1) is 14.0. The maximum Gasteiger partial charge on any atom is 0.267 e. The molecule has 0 bridgehead atoms. The van der Waals surface area contributed by atoms with Crippen molar-refractivity contribution in [3.05, 3.63) is 64.6 Å². The molecule has 0 aliphatic heterocycles. The van der Waals surface area contributed by atoms with Crippen molar-refractivity contribution < 1.29 is 4.79 Å². The molecule has 146 valence electrons. The minimum Gasteiger partial charge on any atom is -0.329 e. The van der Waals surface area contributed by atoms with Crippen LogP contribution >= 0.6 is 34.7 Å². The Morgan fingerprint density at radius 1 is 1.21 bits per heavy atom. The van der Waals surface area contributed by atoms with Crippen molar-refractivity contribution in [2.75, 3.05) is 5.32 Å². The second-order valence-electron chi connectivity index (χ2n) is 6.02. The first-order valence-corrected chi connectivity index (χ1v) is 10.5. The number of anilines is 1. The van der Waals surface area contributed by atoms with E-state index in [0.717, 1.165) is 10.1 Å². The Labute approximate surface area is 180 Å². The number of benzene rings is 1. The van der Waals surface area contributed by atoms with Gasteiger partial charge in [-0.15, -0.1) is 11.3 Å². The number of hydrogen-bond donors (Lipinski definition) is 1. The van der Waals surface area contributed by atoms with E-state index in [1.807, 2.05) is 23.9 Å². The zero-order chi connectivity index (χ0) is 20.4. The first kappa shape index (κ1) is 19.6. The molecule has 7 nitrogen and oxygen atoms in total. The third kappa shape index (κ3) is 4.31. The standard InChI is InChI=1S/C19H15ClN6OS2/c1-11-15(29-18(24-11)16-21-6-3-7-22-16)17(27)25-13-10-12(20)4-5-14(13)28-19-23-8-9-26(19)2/h3-10H,1-2H3,(H,25,27). The van der Waals surface area contributed by atoms with Crippen molar-refractivity contribution in [3.8, 4) is 10.8 Å². The number of amides is 1. The van der Waals surface area contributed by atoms with Crippen LogP contribution in [0, 0.1) is 6.92 Å². The fraction of sp³-hybridized carbons (Fsp3) is 0.105. The lowest BCUT2D eigenvalue weighted by Gasteiger charge is -2.11. The number of rotatable bonds is 5. The molecular formula is C19H15ClN6OS2. The monoisotopic (exact) mass is 442 g/mol. The van der Waals surface area contributed by atoms with Crippen molar-refractivity contribution in [1.29, 1.82) is 0 Å². The number of nitrogens with zero attached hydrogens (tertiary/aromatic N) is 5. The Morgan fingerprint density at radius 3 is 2.72 bits per heavy atom. The van der Waals surface area contributed by atoms with Gasteiger partial charge in [0.1, 0.15) is 4.88 Å². The summed E-state index contributed by atoms with van der Waals surface area (Å²) in [7, 11) is 1.91. The van der Waals surface area contributed by atoms with Crippen LogP contribution in [-0.4, -0.2) is 30.4 Å². The summed E-state index contributed by atoms with van der Waals surface area (Å²) in [4.78, 5) is 31.5. The Balaban J connectivity index is 1.61. The molecule has 0 saturated heterocycles. The van der Waals surface area contributed by atoms with Crippen LogP contribution in [0.3, 0.4) is 0 Å². The van der Waals surface area contributed by atoms with E-state index in [4.69, 9.17) is 11.6 Å². The molecule has 0 radical (unpaired) electrons. The van der Waals surface area contributed by atoms with Gasteiger partial charge in [0.05, 0.1) is 11.4 Å². The number of aromatic nitrogens is 5. The molecule has 4 rings (SSSR count). The van der Waals surface area contributed by atoms with Crippen molar-refractivity contribution in [3.63, 3.8) is 0 Å². The van der Waals surface area contributed by atoms with E-state index in [1.54, 1.807) is 43.7 Å². The highest BCUT2D eigenvalue weighted by Crippen LogP contribution is 2.35. The van der Waals surface area contributed by atoms with Gasteiger partial charge in [-0.25, -0.2) is 19.9 Å². The van der Waals surface area contributed by atoms with Gasteiger partial charge in [-0.2, -0.15) is 0 Å². The summed E-state index contributed by atoms with van der Waals surface area (Å²) >= 11 is 8.87. The zero-order valence-corrected chi connectivity index (χ0v) is 17.8. The third-order valence-corrected chi connectivity index (χ3v) is 6.47. The molecule has 3 heterocycles. The van der Waals surface area contributed by atoms with Gasteiger partial charge in [-0.1, -0.05) is 11.6 Å². The molecule has 3 aromatic heterocycles. The highest BCUT2D eigenvalue weighted by atomic mass is 35.5. The normalized spacial score (nSPS) is 10.9. The second kappa shape index (κ2) is 8.32. The quantitative estimate of drug-likeness (QED) is 0.482. The SMILES string of the molecule is Cc1nc(-c2ncccn2)sc1C(=O)Nc1cc(Cl)ccc1Sc1nccn1C. The number of carbonyl (C=O) groups excluding carboxylic acids is 1. The maximum atomic E-state index is 13.0. The average Bonchev–Trinajstić information content (AvgIpc) is 3.30. The molecule has 29 heavy (non-hydrogen) atoms.